The number of amides is 1. The van der Waals surface area contributed by atoms with Crippen LogP contribution in [0.2, 0.25) is 0 Å². The Labute approximate surface area is 166 Å². The van der Waals surface area contributed by atoms with Crippen LogP contribution < -0.4 is 10.2 Å². The van der Waals surface area contributed by atoms with Crippen molar-refractivity contribution in [3.05, 3.63) is 42.1 Å². The Balaban J connectivity index is 1.40. The molecule has 0 atom stereocenters. The summed E-state index contributed by atoms with van der Waals surface area (Å²) in [5.41, 5.74) is 1.86. The lowest BCUT2D eigenvalue weighted by Gasteiger charge is -2.34. The molecular formula is C21H30N6O. The zero-order valence-electron chi connectivity index (χ0n) is 16.8. The first-order valence-electron chi connectivity index (χ1n) is 10.2. The minimum absolute atomic E-state index is 0.0837. The smallest absolute Gasteiger partial charge is 0.256 e. The molecule has 1 N–H and O–H groups in total. The highest BCUT2D eigenvalue weighted by Gasteiger charge is 2.22. The highest BCUT2D eigenvalue weighted by molar-refractivity contribution is 6.04. The van der Waals surface area contributed by atoms with Gasteiger partial charge in [0.15, 0.2) is 0 Å². The first-order valence-corrected chi connectivity index (χ1v) is 10.2. The van der Waals surface area contributed by atoms with E-state index in [2.05, 4.69) is 51.3 Å². The molecule has 7 heteroatoms. The number of nitrogens with zero attached hydrogens (tertiary/aromatic N) is 5. The van der Waals surface area contributed by atoms with Crippen LogP contribution in [0.15, 0.2) is 36.5 Å². The average molecular weight is 383 g/mol. The van der Waals surface area contributed by atoms with Crippen molar-refractivity contribution < 1.29 is 4.79 Å². The van der Waals surface area contributed by atoms with Gasteiger partial charge in [-0.05, 0) is 64.3 Å². The largest absolute Gasteiger partial charge is 0.369 e. The topological polar surface area (TPSA) is 56.6 Å². The van der Waals surface area contributed by atoms with Gasteiger partial charge in [-0.3, -0.25) is 4.79 Å². The highest BCUT2D eigenvalue weighted by atomic mass is 16.1. The maximum atomic E-state index is 12.7. The zero-order chi connectivity index (χ0) is 19.5. The number of anilines is 2. The van der Waals surface area contributed by atoms with Gasteiger partial charge in [0.25, 0.3) is 5.91 Å². The number of aromatic nitrogens is 2. The van der Waals surface area contributed by atoms with Crippen molar-refractivity contribution in [2.75, 3.05) is 63.6 Å². The molecular weight excluding hydrogens is 352 g/mol. The normalized spacial score (nSPS) is 19.7. The molecule has 3 heterocycles. The molecule has 150 valence electrons. The zero-order valence-corrected chi connectivity index (χ0v) is 16.8. The second kappa shape index (κ2) is 8.32. The van der Waals surface area contributed by atoms with E-state index in [1.165, 1.54) is 5.69 Å². The van der Waals surface area contributed by atoms with E-state index in [9.17, 15) is 4.79 Å². The second-order valence-corrected chi connectivity index (χ2v) is 7.99. The first-order chi connectivity index (χ1) is 13.6. The van der Waals surface area contributed by atoms with Gasteiger partial charge in [-0.1, -0.05) is 0 Å². The van der Waals surface area contributed by atoms with Crippen LogP contribution in [0.4, 0.5) is 11.5 Å². The van der Waals surface area contributed by atoms with Gasteiger partial charge in [-0.2, -0.15) is 5.10 Å². The Morgan fingerprint density at radius 1 is 0.929 bits per heavy atom. The van der Waals surface area contributed by atoms with Crippen molar-refractivity contribution in [1.29, 1.82) is 0 Å². The third kappa shape index (κ3) is 4.20. The molecule has 2 saturated heterocycles. The molecule has 2 aliphatic heterocycles. The van der Waals surface area contributed by atoms with Crippen molar-refractivity contribution in [2.24, 2.45) is 0 Å². The Bertz CT molecular complexity index is 785. The van der Waals surface area contributed by atoms with Gasteiger partial charge in [-0.15, -0.1) is 0 Å². The third-order valence-electron chi connectivity index (χ3n) is 5.94. The van der Waals surface area contributed by atoms with Crippen LogP contribution in [0.5, 0.6) is 0 Å². The van der Waals surface area contributed by atoms with Crippen molar-refractivity contribution in [3.63, 3.8) is 0 Å². The van der Waals surface area contributed by atoms with E-state index in [1.807, 2.05) is 22.9 Å². The molecule has 2 fully saturated rings. The summed E-state index contributed by atoms with van der Waals surface area (Å²) in [5.74, 6) is 0.697. The SMILES string of the molecule is CN1CCC(n2nccc2NC(=O)c2ccc(N3CCN(C)CC3)cc2)CC1. The molecule has 0 radical (unpaired) electrons. The van der Waals surface area contributed by atoms with E-state index < -0.39 is 0 Å². The Kier molecular flexibility index (Phi) is 5.64. The fraction of sp³-hybridized carbons (Fsp3) is 0.524. The molecule has 2 aromatic rings. The number of hydrogen-bond donors (Lipinski definition) is 1. The van der Waals surface area contributed by atoms with Gasteiger partial charge in [0, 0.05) is 43.5 Å². The van der Waals surface area contributed by atoms with Crippen LogP contribution in [0.3, 0.4) is 0 Å². The molecule has 1 aromatic carbocycles. The van der Waals surface area contributed by atoms with Gasteiger partial charge < -0.3 is 20.0 Å². The number of rotatable bonds is 4. The molecule has 2 aliphatic rings. The van der Waals surface area contributed by atoms with Crippen molar-refractivity contribution >= 4 is 17.4 Å². The molecule has 28 heavy (non-hydrogen) atoms. The lowest BCUT2D eigenvalue weighted by molar-refractivity contribution is 0.102. The second-order valence-electron chi connectivity index (χ2n) is 7.99. The maximum Gasteiger partial charge on any atom is 0.256 e. The number of nitrogens with one attached hydrogen (secondary N) is 1. The molecule has 4 rings (SSSR count). The van der Waals surface area contributed by atoms with E-state index >= 15 is 0 Å². The van der Waals surface area contributed by atoms with Crippen LogP contribution in [0.25, 0.3) is 0 Å². The summed E-state index contributed by atoms with van der Waals surface area (Å²) in [6.07, 6.45) is 3.88. The summed E-state index contributed by atoms with van der Waals surface area (Å²) in [5, 5.41) is 7.51. The summed E-state index contributed by atoms with van der Waals surface area (Å²) in [6, 6.07) is 10.2. The molecule has 0 saturated carbocycles. The van der Waals surface area contributed by atoms with E-state index in [4.69, 9.17) is 0 Å². The first kappa shape index (κ1) is 19.0. The van der Waals surface area contributed by atoms with E-state index in [1.54, 1.807) is 6.20 Å². The lowest BCUT2D eigenvalue weighted by atomic mass is 10.1. The predicted molar refractivity (Wildman–Crippen MR) is 112 cm³/mol. The number of hydrogen-bond acceptors (Lipinski definition) is 5. The van der Waals surface area contributed by atoms with E-state index in [0.717, 1.165) is 57.9 Å². The highest BCUT2D eigenvalue weighted by Crippen LogP contribution is 2.25. The van der Waals surface area contributed by atoms with Crippen molar-refractivity contribution in [3.8, 4) is 0 Å². The average Bonchev–Trinajstić information content (AvgIpc) is 3.17. The van der Waals surface area contributed by atoms with Crippen LogP contribution >= 0.6 is 0 Å². The van der Waals surface area contributed by atoms with Gasteiger partial charge in [0.05, 0.1) is 12.2 Å². The summed E-state index contributed by atoms with van der Waals surface area (Å²) in [6.45, 7) is 6.32. The summed E-state index contributed by atoms with van der Waals surface area (Å²) in [7, 11) is 4.30. The van der Waals surface area contributed by atoms with E-state index in [-0.39, 0.29) is 5.91 Å². The summed E-state index contributed by atoms with van der Waals surface area (Å²) < 4.78 is 1.98. The number of piperazine rings is 1. The molecule has 1 amide bonds. The van der Waals surface area contributed by atoms with Crippen LogP contribution in [-0.4, -0.2) is 78.9 Å². The minimum Gasteiger partial charge on any atom is -0.369 e. The van der Waals surface area contributed by atoms with Gasteiger partial charge >= 0.3 is 0 Å². The lowest BCUT2D eigenvalue weighted by Crippen LogP contribution is -2.44. The van der Waals surface area contributed by atoms with Crippen LogP contribution in [0, 0.1) is 0 Å². The van der Waals surface area contributed by atoms with Crippen LogP contribution in [0.1, 0.15) is 29.2 Å². The van der Waals surface area contributed by atoms with Gasteiger partial charge in [0.1, 0.15) is 5.82 Å². The fourth-order valence-corrected chi connectivity index (χ4v) is 4.02. The van der Waals surface area contributed by atoms with Crippen molar-refractivity contribution in [2.45, 2.75) is 18.9 Å². The molecule has 0 unspecified atom stereocenters. The van der Waals surface area contributed by atoms with Crippen LogP contribution in [-0.2, 0) is 0 Å². The number of likely N-dealkylation sites (tertiary alicyclic amines) is 1. The predicted octanol–water partition coefficient (Wildman–Crippen LogP) is 2.15. The minimum atomic E-state index is -0.0837. The number of likely N-dealkylation sites (N-methyl/N-ethyl adjacent to an activating group) is 1. The Morgan fingerprint density at radius 3 is 2.25 bits per heavy atom. The molecule has 1 aromatic heterocycles. The maximum absolute atomic E-state index is 12.7. The molecule has 0 spiro atoms. The molecule has 0 aliphatic carbocycles. The number of carbonyl (C=O) groups excluding carboxylic acids is 1. The number of benzene rings is 1. The summed E-state index contributed by atoms with van der Waals surface area (Å²) in [4.78, 5) is 19.8. The number of carbonyl (C=O) groups is 1. The van der Waals surface area contributed by atoms with E-state index in [0.29, 0.717) is 11.6 Å². The summed E-state index contributed by atoms with van der Waals surface area (Å²) >= 11 is 0. The quantitative estimate of drug-likeness (QED) is 0.878. The van der Waals surface area contributed by atoms with Gasteiger partial charge in [0.2, 0.25) is 0 Å². The fourth-order valence-electron chi connectivity index (χ4n) is 4.02. The molecule has 7 nitrogen and oxygen atoms in total. The number of piperidine rings is 1. The standard InChI is InChI=1S/C21H30N6O/c1-24-11-8-19(9-12-24)27-20(7-10-22-27)23-21(28)17-3-5-18(6-4-17)26-15-13-25(2)14-16-26/h3-7,10,19H,8-9,11-16H2,1-2H3,(H,23,28). The Hall–Kier alpha value is -2.38. The van der Waals surface area contributed by atoms with Crippen molar-refractivity contribution in [1.82, 2.24) is 19.6 Å². The third-order valence-corrected chi connectivity index (χ3v) is 5.94. The Morgan fingerprint density at radius 2 is 1.57 bits per heavy atom. The molecule has 0 bridgehead atoms. The monoisotopic (exact) mass is 382 g/mol. The van der Waals surface area contributed by atoms with Gasteiger partial charge in [-0.25, -0.2) is 4.68 Å².